The van der Waals surface area contributed by atoms with Crippen LogP contribution in [0.5, 0.6) is 0 Å². The third-order valence-electron chi connectivity index (χ3n) is 5.53. The molecule has 150 valence electrons. The lowest BCUT2D eigenvalue weighted by molar-refractivity contribution is 1.05. The maximum Gasteiger partial charge on any atom is 0.116 e. The van der Waals surface area contributed by atoms with Gasteiger partial charge in [-0.2, -0.15) is 5.10 Å². The molecule has 0 saturated carbocycles. The molecule has 0 spiro atoms. The summed E-state index contributed by atoms with van der Waals surface area (Å²) in [6, 6.07) is 6.15. The summed E-state index contributed by atoms with van der Waals surface area (Å²) in [5.74, 6) is 0. The molecule has 6 aromatic heterocycles. The average molecular weight is 406 g/mol. The van der Waals surface area contributed by atoms with Crippen LogP contribution in [0.2, 0.25) is 0 Å². The molecule has 6 aromatic rings. The Kier molecular flexibility index (Phi) is 3.73. The van der Waals surface area contributed by atoms with Crippen molar-refractivity contribution in [3.8, 4) is 28.3 Å². The number of H-pyrrole nitrogens is 2. The molecule has 6 heterocycles. The van der Waals surface area contributed by atoms with Gasteiger partial charge in [-0.25, -0.2) is 4.98 Å². The van der Waals surface area contributed by atoms with E-state index in [9.17, 15) is 0 Å². The third-order valence-corrected chi connectivity index (χ3v) is 5.53. The van der Waals surface area contributed by atoms with Crippen LogP contribution >= 0.6 is 0 Å². The molecule has 0 aliphatic carbocycles. The minimum Gasteiger partial charge on any atom is -0.352 e. The van der Waals surface area contributed by atoms with Gasteiger partial charge in [0.1, 0.15) is 5.69 Å². The second kappa shape index (κ2) is 6.60. The highest BCUT2D eigenvalue weighted by molar-refractivity contribution is 5.98. The van der Waals surface area contributed by atoms with E-state index in [1.165, 1.54) is 0 Å². The predicted octanol–water partition coefficient (Wildman–Crippen LogP) is 4.37. The topological polar surface area (TPSA) is 101 Å². The maximum absolute atomic E-state index is 4.60. The van der Waals surface area contributed by atoms with Crippen molar-refractivity contribution in [1.29, 1.82) is 0 Å². The minimum absolute atomic E-state index is 0.837. The van der Waals surface area contributed by atoms with E-state index in [-0.39, 0.29) is 0 Å². The Morgan fingerprint density at radius 1 is 0.903 bits per heavy atom. The van der Waals surface area contributed by atoms with Crippen LogP contribution in [0.4, 0.5) is 0 Å². The Bertz CT molecular complexity index is 1570. The Morgan fingerprint density at radius 3 is 2.68 bits per heavy atom. The lowest BCUT2D eigenvalue weighted by Gasteiger charge is -2.04. The van der Waals surface area contributed by atoms with E-state index in [1.807, 2.05) is 48.5 Å². The fourth-order valence-electron chi connectivity index (χ4n) is 3.92. The van der Waals surface area contributed by atoms with Crippen LogP contribution in [0, 0.1) is 13.8 Å². The molecular weight excluding hydrogens is 388 g/mol. The molecular formula is C23H18N8. The molecule has 31 heavy (non-hydrogen) atoms. The first kappa shape index (κ1) is 17.5. The summed E-state index contributed by atoms with van der Waals surface area (Å²) in [6.45, 7) is 4.03. The van der Waals surface area contributed by atoms with Crippen molar-refractivity contribution in [3.63, 3.8) is 0 Å². The fourth-order valence-corrected chi connectivity index (χ4v) is 3.92. The predicted molar refractivity (Wildman–Crippen MR) is 119 cm³/mol. The molecule has 2 N–H and O–H groups in total. The van der Waals surface area contributed by atoms with E-state index in [0.29, 0.717) is 0 Å². The number of pyridine rings is 3. The molecule has 0 atom stereocenters. The molecule has 0 aromatic carbocycles. The number of nitrogens with zero attached hydrogens (tertiary/aromatic N) is 6. The van der Waals surface area contributed by atoms with Crippen LogP contribution in [0.1, 0.15) is 11.3 Å². The van der Waals surface area contributed by atoms with E-state index in [0.717, 1.165) is 61.4 Å². The number of fused-ring (bicyclic) bond motifs is 2. The van der Waals surface area contributed by atoms with Crippen LogP contribution in [-0.2, 0) is 0 Å². The third kappa shape index (κ3) is 2.80. The smallest absolute Gasteiger partial charge is 0.116 e. The van der Waals surface area contributed by atoms with Crippen molar-refractivity contribution < 1.29 is 0 Å². The van der Waals surface area contributed by atoms with Gasteiger partial charge in [0.2, 0.25) is 0 Å². The van der Waals surface area contributed by atoms with E-state index >= 15 is 0 Å². The summed E-state index contributed by atoms with van der Waals surface area (Å²) >= 11 is 0. The molecule has 0 amide bonds. The van der Waals surface area contributed by atoms with E-state index in [1.54, 1.807) is 12.5 Å². The Labute approximate surface area is 177 Å². The van der Waals surface area contributed by atoms with Crippen molar-refractivity contribution in [2.75, 3.05) is 0 Å². The van der Waals surface area contributed by atoms with Gasteiger partial charge in [-0.05, 0) is 37.6 Å². The molecule has 6 rings (SSSR count). The molecule has 0 radical (unpaired) electrons. The molecule has 0 fully saturated rings. The summed E-state index contributed by atoms with van der Waals surface area (Å²) in [5, 5.41) is 9.71. The van der Waals surface area contributed by atoms with Crippen LogP contribution in [-0.4, -0.2) is 39.7 Å². The quantitative estimate of drug-likeness (QED) is 0.455. The number of nitrogens with one attached hydrogen (secondary N) is 2. The fraction of sp³-hybridized carbons (Fsp3) is 0.0870. The molecule has 8 nitrogen and oxygen atoms in total. The summed E-state index contributed by atoms with van der Waals surface area (Å²) in [5.41, 5.74) is 8.49. The largest absolute Gasteiger partial charge is 0.352 e. The number of hydrogen-bond acceptors (Lipinski definition) is 5. The first-order valence-electron chi connectivity index (χ1n) is 9.90. The SMILES string of the molecule is Cc1cn(-c2cncc3[nH]c(-c4n[nH]c5cnc(-c6cnccc6C)cc45)cc23)cn1. The Balaban J connectivity index is 1.52. The van der Waals surface area contributed by atoms with Crippen molar-refractivity contribution >= 4 is 21.8 Å². The molecule has 0 aliphatic heterocycles. The second-order valence-corrected chi connectivity index (χ2v) is 7.60. The van der Waals surface area contributed by atoms with Gasteiger partial charge in [0.15, 0.2) is 0 Å². The van der Waals surface area contributed by atoms with E-state index < -0.39 is 0 Å². The van der Waals surface area contributed by atoms with Gasteiger partial charge in [-0.15, -0.1) is 0 Å². The number of aromatic nitrogens is 8. The number of rotatable bonds is 3. The van der Waals surface area contributed by atoms with Crippen LogP contribution in [0.25, 0.3) is 50.1 Å². The Morgan fingerprint density at radius 2 is 1.84 bits per heavy atom. The molecule has 0 aliphatic rings. The zero-order valence-corrected chi connectivity index (χ0v) is 17.0. The number of aromatic amines is 2. The number of aryl methyl sites for hydroxylation is 2. The van der Waals surface area contributed by atoms with Crippen LogP contribution in [0.3, 0.4) is 0 Å². The van der Waals surface area contributed by atoms with Gasteiger partial charge in [-0.1, -0.05) is 0 Å². The number of hydrogen-bond donors (Lipinski definition) is 2. The lowest BCUT2D eigenvalue weighted by Crippen LogP contribution is -1.91. The maximum atomic E-state index is 4.60. The summed E-state index contributed by atoms with van der Waals surface area (Å²) in [6.07, 6.45) is 12.9. The van der Waals surface area contributed by atoms with Crippen molar-refractivity contribution in [1.82, 2.24) is 39.7 Å². The van der Waals surface area contributed by atoms with Gasteiger partial charge in [0.25, 0.3) is 0 Å². The monoisotopic (exact) mass is 406 g/mol. The molecule has 0 unspecified atom stereocenters. The van der Waals surface area contributed by atoms with Crippen molar-refractivity contribution in [3.05, 3.63) is 73.0 Å². The normalized spacial score (nSPS) is 11.5. The van der Waals surface area contributed by atoms with Gasteiger partial charge < -0.3 is 9.55 Å². The van der Waals surface area contributed by atoms with Gasteiger partial charge in [0.05, 0.1) is 58.7 Å². The van der Waals surface area contributed by atoms with E-state index in [4.69, 9.17) is 0 Å². The highest BCUT2D eigenvalue weighted by atomic mass is 15.1. The second-order valence-electron chi connectivity index (χ2n) is 7.60. The van der Waals surface area contributed by atoms with Crippen molar-refractivity contribution in [2.45, 2.75) is 13.8 Å². The lowest BCUT2D eigenvalue weighted by atomic mass is 10.1. The minimum atomic E-state index is 0.837. The summed E-state index contributed by atoms with van der Waals surface area (Å²) in [4.78, 5) is 21.1. The highest BCUT2D eigenvalue weighted by Crippen LogP contribution is 2.32. The zero-order valence-electron chi connectivity index (χ0n) is 17.0. The van der Waals surface area contributed by atoms with Gasteiger partial charge in [-0.3, -0.25) is 20.1 Å². The standard InChI is InChI=1S/C23H18N8/c1-13-3-4-24-7-17(13)18-6-16-21(9-26-18)29-30-23(16)19-5-15-20(28-19)8-25-10-22(15)31-11-14(2)27-12-31/h3-12,28H,1-2H3,(H,29,30). The summed E-state index contributed by atoms with van der Waals surface area (Å²) in [7, 11) is 0. The Hall–Kier alpha value is -4.33. The van der Waals surface area contributed by atoms with E-state index in [2.05, 4.69) is 54.2 Å². The van der Waals surface area contributed by atoms with Gasteiger partial charge >= 0.3 is 0 Å². The first-order valence-corrected chi connectivity index (χ1v) is 9.90. The van der Waals surface area contributed by atoms with Crippen molar-refractivity contribution in [2.24, 2.45) is 0 Å². The molecule has 8 heteroatoms. The highest BCUT2D eigenvalue weighted by Gasteiger charge is 2.15. The molecule has 0 saturated heterocycles. The summed E-state index contributed by atoms with van der Waals surface area (Å²) < 4.78 is 1.98. The number of imidazole rings is 1. The average Bonchev–Trinajstić information content (AvgIpc) is 3.50. The van der Waals surface area contributed by atoms with Crippen LogP contribution in [0.15, 0.2) is 61.7 Å². The van der Waals surface area contributed by atoms with Crippen LogP contribution < -0.4 is 0 Å². The van der Waals surface area contributed by atoms with Gasteiger partial charge in [0, 0.05) is 34.9 Å². The molecule has 0 bridgehead atoms. The first-order chi connectivity index (χ1) is 15.2. The zero-order chi connectivity index (χ0) is 20.9.